The van der Waals surface area contributed by atoms with Gasteiger partial charge in [0.2, 0.25) is 0 Å². The van der Waals surface area contributed by atoms with E-state index in [-0.39, 0.29) is 5.41 Å². The molecule has 1 heterocycles. The number of aromatic nitrogens is 2. The molecule has 0 radical (unpaired) electrons. The predicted molar refractivity (Wildman–Crippen MR) is 92.0 cm³/mol. The summed E-state index contributed by atoms with van der Waals surface area (Å²) in [6.45, 7) is 9.56. The second kappa shape index (κ2) is 8.05. The molecule has 0 aliphatic carbocycles. The van der Waals surface area contributed by atoms with Crippen molar-refractivity contribution in [3.05, 3.63) is 15.9 Å². The maximum absolute atomic E-state index is 6.28. The molecule has 0 aromatic carbocycles. The van der Waals surface area contributed by atoms with Crippen LogP contribution in [0.15, 0.2) is 4.47 Å². The van der Waals surface area contributed by atoms with Gasteiger partial charge in [0, 0.05) is 23.7 Å². The molecule has 116 valence electrons. The lowest BCUT2D eigenvalue weighted by atomic mass is 9.79. The molecule has 0 bridgehead atoms. The van der Waals surface area contributed by atoms with Crippen molar-refractivity contribution in [1.82, 2.24) is 9.78 Å². The van der Waals surface area contributed by atoms with Crippen molar-refractivity contribution >= 4 is 39.1 Å². The Morgan fingerprint density at radius 2 is 1.85 bits per heavy atom. The second-order valence-corrected chi connectivity index (χ2v) is 7.25. The molecule has 1 aromatic heterocycles. The van der Waals surface area contributed by atoms with Crippen molar-refractivity contribution in [2.45, 2.75) is 53.5 Å². The summed E-state index contributed by atoms with van der Waals surface area (Å²) < 4.78 is 3.21. The fourth-order valence-electron chi connectivity index (χ4n) is 2.72. The first-order chi connectivity index (χ1) is 9.42. The minimum atomic E-state index is -0.0578. The van der Waals surface area contributed by atoms with Gasteiger partial charge < -0.3 is 0 Å². The van der Waals surface area contributed by atoms with Gasteiger partial charge in [0.15, 0.2) is 0 Å². The van der Waals surface area contributed by atoms with Gasteiger partial charge in [-0.3, -0.25) is 4.68 Å². The quantitative estimate of drug-likeness (QED) is 0.558. The van der Waals surface area contributed by atoms with Gasteiger partial charge >= 0.3 is 0 Å². The summed E-state index contributed by atoms with van der Waals surface area (Å²) in [5.41, 5.74) is 2.29. The molecule has 5 heteroatoms. The number of halogens is 3. The third-order valence-electron chi connectivity index (χ3n) is 3.64. The van der Waals surface area contributed by atoms with Crippen molar-refractivity contribution < 1.29 is 0 Å². The van der Waals surface area contributed by atoms with Gasteiger partial charge in [-0.25, -0.2) is 0 Å². The molecule has 2 nitrogen and oxygen atoms in total. The van der Waals surface area contributed by atoms with Crippen LogP contribution in [0.3, 0.4) is 0 Å². The molecular weight excluding hydrogens is 359 g/mol. The summed E-state index contributed by atoms with van der Waals surface area (Å²) in [5.74, 6) is 1.74. The number of hydrogen-bond donors (Lipinski definition) is 0. The minimum Gasteiger partial charge on any atom is -0.268 e. The summed E-state index contributed by atoms with van der Waals surface area (Å²) in [6.07, 6.45) is 2.84. The Morgan fingerprint density at radius 3 is 2.25 bits per heavy atom. The summed E-state index contributed by atoms with van der Waals surface area (Å²) in [5, 5.41) is 4.66. The van der Waals surface area contributed by atoms with Gasteiger partial charge in [-0.2, -0.15) is 5.10 Å². The molecule has 20 heavy (non-hydrogen) atoms. The highest BCUT2D eigenvalue weighted by atomic mass is 79.9. The van der Waals surface area contributed by atoms with Crippen LogP contribution in [-0.4, -0.2) is 21.5 Å². The van der Waals surface area contributed by atoms with Crippen LogP contribution in [0.1, 0.15) is 45.5 Å². The van der Waals surface area contributed by atoms with Crippen molar-refractivity contribution in [2.75, 3.05) is 11.8 Å². The molecule has 0 N–H and O–H groups in total. The number of alkyl halides is 2. The summed E-state index contributed by atoms with van der Waals surface area (Å²) in [6, 6.07) is 0. The predicted octanol–water partition coefficient (Wildman–Crippen LogP) is 5.28. The van der Waals surface area contributed by atoms with Crippen LogP contribution in [0, 0.1) is 11.3 Å². The topological polar surface area (TPSA) is 17.8 Å². The van der Waals surface area contributed by atoms with Crippen LogP contribution < -0.4 is 0 Å². The van der Waals surface area contributed by atoms with Crippen LogP contribution in [0.25, 0.3) is 0 Å². The Hall–Kier alpha value is 0.270. The van der Waals surface area contributed by atoms with Crippen LogP contribution in [-0.2, 0) is 19.4 Å². The smallest absolute Gasteiger partial charge is 0.0766 e. The Balaban J connectivity index is 3.13. The van der Waals surface area contributed by atoms with Crippen LogP contribution in [0.2, 0.25) is 0 Å². The first kappa shape index (κ1) is 18.3. The highest BCUT2D eigenvalue weighted by Gasteiger charge is 2.32. The number of aryl methyl sites for hydroxylation is 2. The Labute approximate surface area is 141 Å². The van der Waals surface area contributed by atoms with Gasteiger partial charge in [-0.05, 0) is 48.0 Å². The molecule has 0 aliphatic rings. The van der Waals surface area contributed by atoms with E-state index in [1.165, 1.54) is 5.69 Å². The largest absolute Gasteiger partial charge is 0.268 e. The zero-order valence-electron chi connectivity index (χ0n) is 12.8. The maximum atomic E-state index is 6.28. The average molecular weight is 384 g/mol. The lowest BCUT2D eigenvalue weighted by molar-refractivity contribution is 0.288. The normalized spacial score (nSPS) is 12.4. The van der Waals surface area contributed by atoms with Crippen LogP contribution in [0.5, 0.6) is 0 Å². The summed E-state index contributed by atoms with van der Waals surface area (Å²) >= 11 is 16.3. The van der Waals surface area contributed by atoms with Crippen molar-refractivity contribution in [3.63, 3.8) is 0 Å². The molecule has 0 aliphatic heterocycles. The summed E-state index contributed by atoms with van der Waals surface area (Å²) in [4.78, 5) is 0. The first-order valence-corrected chi connectivity index (χ1v) is 9.15. The molecule has 1 rings (SSSR count). The van der Waals surface area contributed by atoms with E-state index < -0.39 is 0 Å². The van der Waals surface area contributed by atoms with Crippen molar-refractivity contribution in [1.29, 1.82) is 0 Å². The fraction of sp³-hybridized carbons (Fsp3) is 0.800. The Bertz CT molecular complexity index is 426. The van der Waals surface area contributed by atoms with Gasteiger partial charge in [0.25, 0.3) is 0 Å². The van der Waals surface area contributed by atoms with E-state index >= 15 is 0 Å². The van der Waals surface area contributed by atoms with E-state index in [0.717, 1.165) is 36.0 Å². The SMILES string of the molecule is CCc1nn(CC)c(CC(CCl)(CCl)CC(C)C)c1Br. The number of hydrogen-bond acceptors (Lipinski definition) is 1. The van der Waals surface area contributed by atoms with Crippen molar-refractivity contribution in [2.24, 2.45) is 11.3 Å². The van der Waals surface area contributed by atoms with E-state index in [1.807, 2.05) is 0 Å². The van der Waals surface area contributed by atoms with E-state index in [1.54, 1.807) is 0 Å². The lowest BCUT2D eigenvalue weighted by Gasteiger charge is -2.31. The van der Waals surface area contributed by atoms with Crippen LogP contribution in [0.4, 0.5) is 0 Å². The molecule has 1 aromatic rings. The monoisotopic (exact) mass is 382 g/mol. The van der Waals surface area contributed by atoms with E-state index in [2.05, 4.69) is 53.4 Å². The average Bonchev–Trinajstić information content (AvgIpc) is 2.73. The molecular formula is C15H25BrCl2N2. The molecule has 0 unspecified atom stereocenters. The highest BCUT2D eigenvalue weighted by Crippen LogP contribution is 2.36. The minimum absolute atomic E-state index is 0.0578. The lowest BCUT2D eigenvalue weighted by Crippen LogP contribution is -2.31. The number of rotatable bonds is 8. The highest BCUT2D eigenvalue weighted by molar-refractivity contribution is 9.10. The van der Waals surface area contributed by atoms with Gasteiger partial charge in [0.05, 0.1) is 15.9 Å². The molecule has 0 saturated heterocycles. The Kier molecular flexibility index (Phi) is 7.37. The molecule has 0 amide bonds. The van der Waals surface area contributed by atoms with Gasteiger partial charge in [-0.1, -0.05) is 20.8 Å². The maximum Gasteiger partial charge on any atom is 0.0766 e. The third kappa shape index (κ3) is 4.14. The Morgan fingerprint density at radius 1 is 1.25 bits per heavy atom. The fourth-order valence-corrected chi connectivity index (χ4v) is 4.12. The molecule has 0 spiro atoms. The molecule has 0 fully saturated rings. The van der Waals surface area contributed by atoms with E-state index in [0.29, 0.717) is 17.7 Å². The number of nitrogens with zero attached hydrogens (tertiary/aromatic N) is 2. The van der Waals surface area contributed by atoms with Gasteiger partial charge in [-0.15, -0.1) is 23.2 Å². The molecule has 0 atom stereocenters. The summed E-state index contributed by atoms with van der Waals surface area (Å²) in [7, 11) is 0. The van der Waals surface area contributed by atoms with Gasteiger partial charge in [0.1, 0.15) is 0 Å². The first-order valence-electron chi connectivity index (χ1n) is 7.29. The van der Waals surface area contributed by atoms with Crippen molar-refractivity contribution in [3.8, 4) is 0 Å². The molecule has 0 saturated carbocycles. The standard InChI is InChI=1S/C15H25BrCl2N2/c1-5-12-14(16)13(20(6-2)19-12)8-15(9-17,10-18)7-11(3)4/h11H,5-10H2,1-4H3. The third-order valence-corrected chi connectivity index (χ3v) is 5.69. The van der Waals surface area contributed by atoms with Crippen LogP contribution >= 0.6 is 39.1 Å². The second-order valence-electron chi connectivity index (χ2n) is 5.92. The zero-order chi connectivity index (χ0) is 15.3. The zero-order valence-corrected chi connectivity index (χ0v) is 15.9. The van der Waals surface area contributed by atoms with E-state index in [4.69, 9.17) is 23.2 Å². The van der Waals surface area contributed by atoms with E-state index in [9.17, 15) is 0 Å².